The van der Waals surface area contributed by atoms with E-state index in [2.05, 4.69) is 59.7 Å². The van der Waals surface area contributed by atoms with Crippen LogP contribution in [0.25, 0.3) is 0 Å². The van der Waals surface area contributed by atoms with E-state index in [1.165, 1.54) is 5.56 Å². The van der Waals surface area contributed by atoms with Gasteiger partial charge in [0.25, 0.3) is 0 Å². The Kier molecular flexibility index (Phi) is 5.88. The molecule has 128 valence electrons. The zero-order valence-electron chi connectivity index (χ0n) is 15.0. The van der Waals surface area contributed by atoms with E-state index in [1.54, 1.807) is 0 Å². The van der Waals surface area contributed by atoms with E-state index in [0.717, 1.165) is 30.5 Å². The fourth-order valence-electron chi connectivity index (χ4n) is 3.21. The zero-order chi connectivity index (χ0) is 17.0. The van der Waals surface area contributed by atoms with Gasteiger partial charge in [-0.1, -0.05) is 12.1 Å². The average Bonchev–Trinajstić information content (AvgIpc) is 2.94. The highest BCUT2D eigenvalue weighted by atomic mass is 16.2. The SMILES string of the molecule is Cc1ccc(CNC(=O)N[C@H]2CC[C@H](N(C)C)C2)c(N(C)C)c1. The Morgan fingerprint density at radius 1 is 1.22 bits per heavy atom. The van der Waals surface area contributed by atoms with Gasteiger partial charge in [0, 0.05) is 38.4 Å². The minimum atomic E-state index is -0.0697. The van der Waals surface area contributed by atoms with E-state index < -0.39 is 0 Å². The molecule has 0 unspecified atom stereocenters. The topological polar surface area (TPSA) is 47.6 Å². The third kappa shape index (κ3) is 4.86. The van der Waals surface area contributed by atoms with Crippen LogP contribution in [0, 0.1) is 6.92 Å². The summed E-state index contributed by atoms with van der Waals surface area (Å²) in [5, 5.41) is 6.10. The van der Waals surface area contributed by atoms with Crippen LogP contribution >= 0.6 is 0 Å². The molecule has 23 heavy (non-hydrogen) atoms. The molecule has 0 aromatic heterocycles. The Balaban J connectivity index is 1.86. The third-order valence-corrected chi connectivity index (χ3v) is 4.63. The zero-order valence-corrected chi connectivity index (χ0v) is 15.0. The van der Waals surface area contributed by atoms with Gasteiger partial charge in [0.2, 0.25) is 0 Å². The molecule has 0 spiro atoms. The lowest BCUT2D eigenvalue weighted by atomic mass is 10.1. The van der Waals surface area contributed by atoms with Crippen LogP contribution < -0.4 is 15.5 Å². The van der Waals surface area contributed by atoms with Crippen LogP contribution in [0.3, 0.4) is 0 Å². The molecule has 0 radical (unpaired) electrons. The minimum absolute atomic E-state index is 0.0697. The third-order valence-electron chi connectivity index (χ3n) is 4.63. The van der Waals surface area contributed by atoms with Crippen LogP contribution in [0.2, 0.25) is 0 Å². The molecule has 1 aromatic rings. The van der Waals surface area contributed by atoms with Gasteiger partial charge in [0.1, 0.15) is 0 Å². The Labute approximate surface area is 140 Å². The standard InChI is InChI=1S/C18H30N4O/c1-13-6-7-14(17(10-13)22(4)5)12-19-18(23)20-15-8-9-16(11-15)21(2)3/h6-7,10,15-16H,8-9,11-12H2,1-5H3,(H2,19,20,23)/t15-,16-/m0/s1. The van der Waals surface area contributed by atoms with Crippen LogP contribution in [0.4, 0.5) is 10.5 Å². The molecule has 2 N–H and O–H groups in total. The second-order valence-corrected chi connectivity index (χ2v) is 6.98. The van der Waals surface area contributed by atoms with Gasteiger partial charge in [0.15, 0.2) is 0 Å². The van der Waals surface area contributed by atoms with Gasteiger partial charge >= 0.3 is 6.03 Å². The summed E-state index contributed by atoms with van der Waals surface area (Å²) < 4.78 is 0. The van der Waals surface area contributed by atoms with Crippen molar-refractivity contribution >= 4 is 11.7 Å². The van der Waals surface area contributed by atoms with Gasteiger partial charge in [0.05, 0.1) is 0 Å². The van der Waals surface area contributed by atoms with Crippen molar-refractivity contribution in [2.24, 2.45) is 0 Å². The van der Waals surface area contributed by atoms with Gasteiger partial charge in [-0.3, -0.25) is 0 Å². The first-order valence-corrected chi connectivity index (χ1v) is 8.34. The van der Waals surface area contributed by atoms with Crippen molar-refractivity contribution in [2.75, 3.05) is 33.1 Å². The Morgan fingerprint density at radius 3 is 2.57 bits per heavy atom. The molecule has 5 nitrogen and oxygen atoms in total. The maximum Gasteiger partial charge on any atom is 0.315 e. The number of urea groups is 1. The number of nitrogens with one attached hydrogen (secondary N) is 2. The Bertz CT molecular complexity index is 542. The molecule has 1 aromatic carbocycles. The van der Waals surface area contributed by atoms with Crippen molar-refractivity contribution < 1.29 is 4.79 Å². The predicted molar refractivity (Wildman–Crippen MR) is 96.0 cm³/mol. The fraction of sp³-hybridized carbons (Fsp3) is 0.611. The number of carbonyl (C=O) groups is 1. The van der Waals surface area contributed by atoms with Crippen LogP contribution in [0.5, 0.6) is 0 Å². The summed E-state index contributed by atoms with van der Waals surface area (Å²) in [6, 6.07) is 7.11. The highest BCUT2D eigenvalue weighted by molar-refractivity contribution is 5.74. The summed E-state index contributed by atoms with van der Waals surface area (Å²) in [6.07, 6.45) is 3.25. The van der Waals surface area contributed by atoms with Crippen molar-refractivity contribution in [3.05, 3.63) is 29.3 Å². The Morgan fingerprint density at radius 2 is 1.96 bits per heavy atom. The monoisotopic (exact) mass is 318 g/mol. The number of hydrogen-bond donors (Lipinski definition) is 2. The number of rotatable bonds is 5. The van der Waals surface area contributed by atoms with Gasteiger partial charge in [-0.15, -0.1) is 0 Å². The first kappa shape index (κ1) is 17.6. The first-order chi connectivity index (χ1) is 10.9. The first-order valence-electron chi connectivity index (χ1n) is 8.34. The number of carbonyl (C=O) groups excluding carboxylic acids is 1. The summed E-state index contributed by atoms with van der Waals surface area (Å²) in [4.78, 5) is 16.5. The lowest BCUT2D eigenvalue weighted by Gasteiger charge is -2.20. The van der Waals surface area contributed by atoms with Crippen LogP contribution in [-0.2, 0) is 6.54 Å². The molecule has 2 rings (SSSR count). The minimum Gasteiger partial charge on any atom is -0.377 e. The van der Waals surface area contributed by atoms with E-state index in [0.29, 0.717) is 12.6 Å². The molecule has 1 saturated carbocycles. The number of anilines is 1. The second-order valence-electron chi connectivity index (χ2n) is 6.98. The van der Waals surface area contributed by atoms with E-state index in [-0.39, 0.29) is 12.1 Å². The van der Waals surface area contributed by atoms with Crippen LogP contribution in [0.15, 0.2) is 18.2 Å². The maximum absolute atomic E-state index is 12.1. The van der Waals surface area contributed by atoms with E-state index in [1.807, 2.05) is 14.1 Å². The van der Waals surface area contributed by atoms with Gasteiger partial charge in [-0.05, 0) is 57.5 Å². The molecular formula is C18H30N4O. The molecular weight excluding hydrogens is 288 g/mol. The summed E-state index contributed by atoms with van der Waals surface area (Å²) >= 11 is 0. The number of hydrogen-bond acceptors (Lipinski definition) is 3. The van der Waals surface area contributed by atoms with Crippen LogP contribution in [0.1, 0.15) is 30.4 Å². The lowest BCUT2D eigenvalue weighted by molar-refractivity contribution is 0.235. The number of benzene rings is 1. The highest BCUT2D eigenvalue weighted by Gasteiger charge is 2.26. The molecule has 1 fully saturated rings. The molecule has 0 aliphatic heterocycles. The summed E-state index contributed by atoms with van der Waals surface area (Å²) in [5.41, 5.74) is 3.51. The van der Waals surface area contributed by atoms with E-state index >= 15 is 0 Å². The number of nitrogens with zero attached hydrogens (tertiary/aromatic N) is 2. The van der Waals surface area contributed by atoms with Crippen molar-refractivity contribution in [2.45, 2.75) is 44.8 Å². The summed E-state index contributed by atoms with van der Waals surface area (Å²) in [6.45, 7) is 2.63. The Hall–Kier alpha value is -1.75. The maximum atomic E-state index is 12.1. The highest BCUT2D eigenvalue weighted by Crippen LogP contribution is 2.22. The van der Waals surface area contributed by atoms with Gasteiger partial charge < -0.3 is 20.4 Å². The quantitative estimate of drug-likeness (QED) is 0.876. The molecule has 0 saturated heterocycles. The lowest BCUT2D eigenvalue weighted by Crippen LogP contribution is -2.41. The van der Waals surface area contributed by atoms with Crippen molar-refractivity contribution in [1.82, 2.24) is 15.5 Å². The van der Waals surface area contributed by atoms with Gasteiger partial charge in [-0.25, -0.2) is 4.79 Å². The van der Waals surface area contributed by atoms with Crippen molar-refractivity contribution in [3.63, 3.8) is 0 Å². The molecule has 2 atom stereocenters. The number of aryl methyl sites for hydroxylation is 1. The van der Waals surface area contributed by atoms with Crippen molar-refractivity contribution in [3.8, 4) is 0 Å². The molecule has 1 aliphatic rings. The summed E-state index contributed by atoms with van der Waals surface area (Å²) in [5.74, 6) is 0. The molecule has 0 heterocycles. The predicted octanol–water partition coefficient (Wildman–Crippen LogP) is 2.34. The van der Waals surface area contributed by atoms with Gasteiger partial charge in [-0.2, -0.15) is 0 Å². The largest absolute Gasteiger partial charge is 0.377 e. The molecule has 2 amide bonds. The smallest absolute Gasteiger partial charge is 0.315 e. The fourth-order valence-corrected chi connectivity index (χ4v) is 3.21. The summed E-state index contributed by atoms with van der Waals surface area (Å²) in [7, 11) is 8.26. The van der Waals surface area contributed by atoms with Crippen molar-refractivity contribution in [1.29, 1.82) is 0 Å². The van der Waals surface area contributed by atoms with E-state index in [9.17, 15) is 4.79 Å². The molecule has 1 aliphatic carbocycles. The average molecular weight is 318 g/mol. The van der Waals surface area contributed by atoms with Crippen LogP contribution in [-0.4, -0.2) is 51.2 Å². The second kappa shape index (κ2) is 7.68. The normalized spacial score (nSPS) is 20.6. The molecule has 5 heteroatoms. The number of amides is 2. The molecule has 0 bridgehead atoms. The van der Waals surface area contributed by atoms with E-state index in [4.69, 9.17) is 0 Å².